The van der Waals surface area contributed by atoms with Gasteiger partial charge in [-0.1, -0.05) is 53.9 Å². The molecule has 2 bridgehead atoms. The van der Waals surface area contributed by atoms with E-state index in [-0.39, 0.29) is 0 Å². The summed E-state index contributed by atoms with van der Waals surface area (Å²) in [6.07, 6.45) is 8.62. The zero-order valence-electron chi connectivity index (χ0n) is 14.1. The summed E-state index contributed by atoms with van der Waals surface area (Å²) in [6.45, 7) is 1.99. The smallest absolute Gasteiger partial charge is 0.145 e. The molecule has 0 radical (unpaired) electrons. The van der Waals surface area contributed by atoms with E-state index in [1.165, 1.54) is 43.9 Å². The molecule has 3 nitrogen and oxygen atoms in total. The minimum atomic E-state index is 0.542. The first-order valence-corrected chi connectivity index (χ1v) is 10.4. The maximum absolute atomic E-state index is 6.28. The Balaban J connectivity index is 1.46. The van der Waals surface area contributed by atoms with Gasteiger partial charge in [0.2, 0.25) is 0 Å². The summed E-state index contributed by atoms with van der Waals surface area (Å²) in [6, 6.07) is 6.17. The molecule has 132 valence electrons. The second-order valence-corrected chi connectivity index (χ2v) is 8.97. The lowest BCUT2D eigenvalue weighted by Crippen LogP contribution is -2.28. The quantitative estimate of drug-likeness (QED) is 0.667. The lowest BCUT2D eigenvalue weighted by molar-refractivity contribution is 0.333. The Morgan fingerprint density at radius 1 is 1.12 bits per heavy atom. The van der Waals surface area contributed by atoms with Crippen LogP contribution in [-0.4, -0.2) is 16.0 Å². The molecule has 4 rings (SSSR count). The fraction of sp³-hybridized carbons (Fsp3) is 0.474. The van der Waals surface area contributed by atoms with Crippen molar-refractivity contribution in [1.82, 2.24) is 9.97 Å². The number of aromatic nitrogens is 2. The van der Waals surface area contributed by atoms with Crippen LogP contribution in [0.15, 0.2) is 34.3 Å². The number of halogens is 2. The van der Waals surface area contributed by atoms with E-state index in [0.29, 0.717) is 16.1 Å². The topological polar surface area (TPSA) is 37.8 Å². The summed E-state index contributed by atoms with van der Waals surface area (Å²) in [7, 11) is 0. The van der Waals surface area contributed by atoms with Gasteiger partial charge >= 0.3 is 0 Å². The summed E-state index contributed by atoms with van der Waals surface area (Å²) < 4.78 is 0. The number of hydrogen-bond donors (Lipinski definition) is 1. The highest BCUT2D eigenvalue weighted by atomic mass is 35.5. The van der Waals surface area contributed by atoms with Crippen LogP contribution in [0.25, 0.3) is 0 Å². The summed E-state index contributed by atoms with van der Waals surface area (Å²) in [5.74, 6) is 2.69. The van der Waals surface area contributed by atoms with Crippen LogP contribution in [0.4, 0.5) is 5.82 Å². The Morgan fingerprint density at radius 2 is 1.88 bits per heavy atom. The van der Waals surface area contributed by atoms with Crippen molar-refractivity contribution in [3.63, 3.8) is 0 Å². The van der Waals surface area contributed by atoms with Crippen LogP contribution < -0.4 is 5.32 Å². The van der Waals surface area contributed by atoms with Crippen LogP contribution >= 0.6 is 35.0 Å². The zero-order chi connectivity index (χ0) is 17.4. The Labute approximate surface area is 162 Å². The molecule has 2 fully saturated rings. The van der Waals surface area contributed by atoms with E-state index >= 15 is 0 Å². The van der Waals surface area contributed by atoms with Crippen molar-refractivity contribution in [2.45, 2.75) is 55.0 Å². The molecule has 2 aromatic rings. The van der Waals surface area contributed by atoms with Gasteiger partial charge in [0.25, 0.3) is 0 Å². The molecule has 1 heterocycles. The molecule has 25 heavy (non-hydrogen) atoms. The SMILES string of the molecule is Cc1nc(NC2CC3CCC(C3)C2)cnc1Sc1cccc(Cl)c1Cl. The van der Waals surface area contributed by atoms with E-state index in [1.54, 1.807) is 6.07 Å². The van der Waals surface area contributed by atoms with Gasteiger partial charge in [0.1, 0.15) is 10.8 Å². The monoisotopic (exact) mass is 393 g/mol. The average molecular weight is 394 g/mol. The fourth-order valence-electron chi connectivity index (χ4n) is 4.14. The van der Waals surface area contributed by atoms with Gasteiger partial charge in [-0.05, 0) is 50.2 Å². The number of anilines is 1. The largest absolute Gasteiger partial charge is 0.366 e. The molecule has 1 N–H and O–H groups in total. The molecule has 0 aliphatic heterocycles. The van der Waals surface area contributed by atoms with Crippen molar-refractivity contribution >= 4 is 40.8 Å². The molecule has 0 spiro atoms. The van der Waals surface area contributed by atoms with Gasteiger partial charge in [-0.15, -0.1) is 0 Å². The van der Waals surface area contributed by atoms with Crippen LogP contribution in [-0.2, 0) is 0 Å². The Kier molecular flexibility index (Phi) is 5.12. The summed E-state index contributed by atoms with van der Waals surface area (Å²) >= 11 is 13.9. The molecule has 1 aromatic carbocycles. The molecule has 0 amide bonds. The van der Waals surface area contributed by atoms with E-state index < -0.39 is 0 Å². The normalized spacial score (nSPS) is 25.2. The molecule has 2 saturated carbocycles. The Morgan fingerprint density at radius 3 is 2.60 bits per heavy atom. The van der Waals surface area contributed by atoms with Crippen LogP contribution in [0.5, 0.6) is 0 Å². The predicted molar refractivity (Wildman–Crippen MR) is 105 cm³/mol. The minimum absolute atomic E-state index is 0.542. The number of aryl methyl sites for hydroxylation is 1. The van der Waals surface area contributed by atoms with Gasteiger partial charge in [-0.2, -0.15) is 0 Å². The number of rotatable bonds is 4. The number of benzene rings is 1. The van der Waals surface area contributed by atoms with E-state index in [0.717, 1.165) is 33.3 Å². The van der Waals surface area contributed by atoms with Crippen LogP contribution in [0, 0.1) is 18.8 Å². The van der Waals surface area contributed by atoms with Crippen molar-refractivity contribution in [2.75, 3.05) is 5.32 Å². The van der Waals surface area contributed by atoms with Crippen molar-refractivity contribution in [3.05, 3.63) is 40.1 Å². The highest BCUT2D eigenvalue weighted by Gasteiger charge is 2.34. The first-order valence-electron chi connectivity index (χ1n) is 8.80. The van der Waals surface area contributed by atoms with Crippen molar-refractivity contribution < 1.29 is 0 Å². The van der Waals surface area contributed by atoms with E-state index in [9.17, 15) is 0 Å². The third kappa shape index (κ3) is 3.91. The molecule has 1 aromatic heterocycles. The standard InChI is InChI=1S/C19H21Cl2N3S/c1-11-19(25-16-4-2-3-15(20)18(16)21)22-10-17(23-11)24-14-8-12-5-6-13(7-12)9-14/h2-4,10,12-14H,5-9H2,1H3,(H,23,24). The zero-order valence-corrected chi connectivity index (χ0v) is 16.5. The molecule has 2 atom stereocenters. The van der Waals surface area contributed by atoms with Crippen molar-refractivity contribution in [2.24, 2.45) is 11.8 Å². The highest BCUT2D eigenvalue weighted by molar-refractivity contribution is 7.99. The molecular formula is C19H21Cl2N3S. The van der Waals surface area contributed by atoms with Gasteiger partial charge in [0, 0.05) is 10.9 Å². The lowest BCUT2D eigenvalue weighted by atomic mass is 9.85. The minimum Gasteiger partial charge on any atom is -0.366 e. The fourth-order valence-corrected chi connectivity index (χ4v) is 5.47. The maximum atomic E-state index is 6.28. The molecule has 6 heteroatoms. The molecule has 2 aliphatic carbocycles. The lowest BCUT2D eigenvalue weighted by Gasteiger charge is -2.28. The van der Waals surface area contributed by atoms with Crippen molar-refractivity contribution in [1.29, 1.82) is 0 Å². The van der Waals surface area contributed by atoms with E-state index in [1.807, 2.05) is 25.3 Å². The molecule has 0 saturated heterocycles. The van der Waals surface area contributed by atoms with Gasteiger partial charge in [0.15, 0.2) is 0 Å². The predicted octanol–water partition coefficient (Wildman–Crippen LogP) is 6.23. The van der Waals surface area contributed by atoms with Crippen LogP contribution in [0.2, 0.25) is 10.0 Å². The van der Waals surface area contributed by atoms with Gasteiger partial charge in [-0.3, -0.25) is 0 Å². The number of nitrogens with zero attached hydrogens (tertiary/aromatic N) is 2. The van der Waals surface area contributed by atoms with E-state index in [4.69, 9.17) is 28.2 Å². The van der Waals surface area contributed by atoms with Crippen LogP contribution in [0.1, 0.15) is 37.8 Å². The first-order chi connectivity index (χ1) is 12.1. The van der Waals surface area contributed by atoms with Crippen LogP contribution in [0.3, 0.4) is 0 Å². The van der Waals surface area contributed by atoms with Gasteiger partial charge < -0.3 is 5.32 Å². The first kappa shape index (κ1) is 17.4. The second kappa shape index (κ2) is 7.34. The number of nitrogens with one attached hydrogen (secondary N) is 1. The molecule has 2 aliphatic rings. The molecular weight excluding hydrogens is 373 g/mol. The summed E-state index contributed by atoms with van der Waals surface area (Å²) in [5, 5.41) is 5.59. The van der Waals surface area contributed by atoms with Gasteiger partial charge in [0.05, 0.1) is 21.9 Å². The summed E-state index contributed by atoms with van der Waals surface area (Å²) in [5.41, 5.74) is 0.907. The van der Waals surface area contributed by atoms with Crippen molar-refractivity contribution in [3.8, 4) is 0 Å². The summed E-state index contributed by atoms with van der Waals surface area (Å²) in [4.78, 5) is 10.2. The Hall–Kier alpha value is -0.970. The van der Waals surface area contributed by atoms with Gasteiger partial charge in [-0.25, -0.2) is 9.97 Å². The third-order valence-electron chi connectivity index (χ3n) is 5.26. The van der Waals surface area contributed by atoms with E-state index in [2.05, 4.69) is 10.3 Å². The maximum Gasteiger partial charge on any atom is 0.145 e. The number of hydrogen-bond acceptors (Lipinski definition) is 4. The average Bonchev–Trinajstić information content (AvgIpc) is 2.93. The third-order valence-corrected chi connectivity index (χ3v) is 7.35. The Bertz CT molecular complexity index is 771. The second-order valence-electron chi connectivity index (χ2n) is 7.16. The highest BCUT2D eigenvalue weighted by Crippen LogP contribution is 2.43. The number of fused-ring (bicyclic) bond motifs is 2. The molecule has 2 unspecified atom stereocenters.